The molecule has 1 amide bonds. The molecule has 0 aliphatic carbocycles. The molecule has 0 spiro atoms. The van der Waals surface area contributed by atoms with Crippen molar-refractivity contribution in [1.82, 2.24) is 5.32 Å². The van der Waals surface area contributed by atoms with Gasteiger partial charge in [-0.3, -0.25) is 9.59 Å². The number of amides is 1. The number of rotatable bonds is 7. The second-order valence-electron chi connectivity index (χ2n) is 4.65. The van der Waals surface area contributed by atoms with Gasteiger partial charge in [0.15, 0.2) is 0 Å². The highest BCUT2D eigenvalue weighted by atomic mass is 16.4. The first-order valence-corrected chi connectivity index (χ1v) is 5.90. The number of carbonyl (C=O) groups is 2. The van der Waals surface area contributed by atoms with E-state index in [9.17, 15) is 9.59 Å². The number of carboxylic acid groups (broad SMARTS) is 1. The van der Waals surface area contributed by atoms with E-state index in [0.717, 1.165) is 12.8 Å². The van der Waals surface area contributed by atoms with Crippen molar-refractivity contribution in [2.24, 2.45) is 11.8 Å². The minimum absolute atomic E-state index is 0.0127. The van der Waals surface area contributed by atoms with Gasteiger partial charge >= 0.3 is 5.97 Å². The third-order valence-corrected chi connectivity index (χ3v) is 2.61. The Morgan fingerprint density at radius 2 is 1.81 bits per heavy atom. The van der Waals surface area contributed by atoms with Gasteiger partial charge in [0, 0.05) is 12.0 Å². The van der Waals surface area contributed by atoms with E-state index in [4.69, 9.17) is 5.11 Å². The molecule has 4 heteroatoms. The van der Waals surface area contributed by atoms with Crippen LogP contribution in [0, 0.1) is 11.8 Å². The predicted octanol–water partition coefficient (Wildman–Crippen LogP) is 2.04. The minimum atomic E-state index is -0.885. The Morgan fingerprint density at radius 1 is 1.25 bits per heavy atom. The van der Waals surface area contributed by atoms with E-state index in [1.165, 1.54) is 0 Å². The number of carbonyl (C=O) groups excluding carboxylic acids is 1. The standard InChI is InChI=1S/C12H23NO3/c1-5-6-10(8(2)3)12(16)13-9(4)7-11(14)15/h8-10H,5-7H2,1-4H3,(H,13,16)(H,14,15). The van der Waals surface area contributed by atoms with Crippen molar-refractivity contribution in [2.45, 2.75) is 53.0 Å². The Kier molecular flexibility index (Phi) is 6.77. The second-order valence-corrected chi connectivity index (χ2v) is 4.65. The van der Waals surface area contributed by atoms with E-state index in [1.807, 2.05) is 20.8 Å². The maximum Gasteiger partial charge on any atom is 0.305 e. The molecule has 0 aliphatic heterocycles. The molecule has 94 valence electrons. The molecule has 0 aromatic carbocycles. The molecule has 4 nitrogen and oxygen atoms in total. The normalized spacial score (nSPS) is 14.6. The fourth-order valence-corrected chi connectivity index (χ4v) is 1.74. The third kappa shape index (κ3) is 5.73. The molecule has 0 aliphatic rings. The minimum Gasteiger partial charge on any atom is -0.481 e. The van der Waals surface area contributed by atoms with E-state index in [0.29, 0.717) is 0 Å². The molecule has 0 fully saturated rings. The van der Waals surface area contributed by atoms with E-state index in [2.05, 4.69) is 5.32 Å². The van der Waals surface area contributed by atoms with Crippen molar-refractivity contribution in [3.05, 3.63) is 0 Å². The van der Waals surface area contributed by atoms with Gasteiger partial charge in [-0.2, -0.15) is 0 Å². The van der Waals surface area contributed by atoms with Crippen LogP contribution in [0.1, 0.15) is 47.0 Å². The topological polar surface area (TPSA) is 66.4 Å². The highest BCUT2D eigenvalue weighted by molar-refractivity contribution is 5.79. The summed E-state index contributed by atoms with van der Waals surface area (Å²) in [7, 11) is 0. The molecule has 2 atom stereocenters. The Morgan fingerprint density at radius 3 is 2.19 bits per heavy atom. The lowest BCUT2D eigenvalue weighted by Crippen LogP contribution is -2.40. The van der Waals surface area contributed by atoms with Crippen LogP contribution in [0.15, 0.2) is 0 Å². The fraction of sp³-hybridized carbons (Fsp3) is 0.833. The van der Waals surface area contributed by atoms with Gasteiger partial charge in [0.25, 0.3) is 0 Å². The van der Waals surface area contributed by atoms with Crippen LogP contribution in [0.2, 0.25) is 0 Å². The average molecular weight is 229 g/mol. The van der Waals surface area contributed by atoms with Crippen LogP contribution in [0.3, 0.4) is 0 Å². The molecule has 16 heavy (non-hydrogen) atoms. The number of carboxylic acids is 1. The van der Waals surface area contributed by atoms with Crippen LogP contribution in [-0.4, -0.2) is 23.0 Å². The summed E-state index contributed by atoms with van der Waals surface area (Å²) >= 11 is 0. The summed E-state index contributed by atoms with van der Waals surface area (Å²) in [5.74, 6) is -0.631. The SMILES string of the molecule is CCCC(C(=O)NC(C)CC(=O)O)C(C)C. The molecule has 0 rings (SSSR count). The van der Waals surface area contributed by atoms with E-state index in [1.54, 1.807) is 6.92 Å². The van der Waals surface area contributed by atoms with Crippen molar-refractivity contribution in [2.75, 3.05) is 0 Å². The molecule has 2 N–H and O–H groups in total. The molecule has 0 aromatic heterocycles. The van der Waals surface area contributed by atoms with Crippen molar-refractivity contribution >= 4 is 11.9 Å². The van der Waals surface area contributed by atoms with Crippen molar-refractivity contribution in [3.63, 3.8) is 0 Å². The summed E-state index contributed by atoms with van der Waals surface area (Å²) in [6, 6.07) is -0.303. The molecule has 0 heterocycles. The van der Waals surface area contributed by atoms with Gasteiger partial charge in [-0.25, -0.2) is 0 Å². The van der Waals surface area contributed by atoms with Crippen LogP contribution in [-0.2, 0) is 9.59 Å². The average Bonchev–Trinajstić information content (AvgIpc) is 2.11. The maximum absolute atomic E-state index is 11.9. The first-order chi connectivity index (χ1) is 7.38. The van der Waals surface area contributed by atoms with Crippen LogP contribution in [0.25, 0.3) is 0 Å². The zero-order chi connectivity index (χ0) is 12.7. The summed E-state index contributed by atoms with van der Waals surface area (Å²) in [6.07, 6.45) is 1.79. The second kappa shape index (κ2) is 7.25. The number of hydrogen-bond acceptors (Lipinski definition) is 2. The number of nitrogens with one attached hydrogen (secondary N) is 1. The molecule has 2 unspecified atom stereocenters. The third-order valence-electron chi connectivity index (χ3n) is 2.61. The molecule has 0 aromatic rings. The zero-order valence-electron chi connectivity index (χ0n) is 10.6. The lowest BCUT2D eigenvalue weighted by atomic mass is 9.90. The van der Waals surface area contributed by atoms with E-state index >= 15 is 0 Å². The predicted molar refractivity (Wildman–Crippen MR) is 63.1 cm³/mol. The lowest BCUT2D eigenvalue weighted by Gasteiger charge is -2.21. The highest BCUT2D eigenvalue weighted by Crippen LogP contribution is 2.17. The summed E-state index contributed by atoms with van der Waals surface area (Å²) in [5, 5.41) is 11.4. The first kappa shape index (κ1) is 14.9. The van der Waals surface area contributed by atoms with Crippen molar-refractivity contribution in [3.8, 4) is 0 Å². The Labute approximate surface area is 97.4 Å². The van der Waals surface area contributed by atoms with Crippen LogP contribution >= 0.6 is 0 Å². The van der Waals surface area contributed by atoms with Crippen LogP contribution < -0.4 is 5.32 Å². The summed E-state index contributed by atoms with van der Waals surface area (Å²) in [4.78, 5) is 22.3. The summed E-state index contributed by atoms with van der Waals surface area (Å²) < 4.78 is 0. The zero-order valence-corrected chi connectivity index (χ0v) is 10.6. The van der Waals surface area contributed by atoms with Gasteiger partial charge in [0.1, 0.15) is 0 Å². The van der Waals surface area contributed by atoms with Gasteiger partial charge in [-0.15, -0.1) is 0 Å². The van der Waals surface area contributed by atoms with E-state index in [-0.39, 0.29) is 30.2 Å². The Balaban J connectivity index is 4.24. The molecule has 0 saturated heterocycles. The smallest absolute Gasteiger partial charge is 0.305 e. The maximum atomic E-state index is 11.9. The number of hydrogen-bond donors (Lipinski definition) is 2. The Bertz CT molecular complexity index is 238. The monoisotopic (exact) mass is 229 g/mol. The fourth-order valence-electron chi connectivity index (χ4n) is 1.74. The van der Waals surface area contributed by atoms with Gasteiger partial charge < -0.3 is 10.4 Å². The first-order valence-electron chi connectivity index (χ1n) is 5.90. The molecular weight excluding hydrogens is 206 g/mol. The van der Waals surface area contributed by atoms with Gasteiger partial charge in [0.2, 0.25) is 5.91 Å². The molecule has 0 radical (unpaired) electrons. The molecular formula is C12H23NO3. The summed E-state index contributed by atoms with van der Waals surface area (Å²) in [6.45, 7) is 7.79. The molecule has 0 bridgehead atoms. The Hall–Kier alpha value is -1.06. The lowest BCUT2D eigenvalue weighted by molar-refractivity contribution is -0.137. The van der Waals surface area contributed by atoms with Crippen LogP contribution in [0.5, 0.6) is 0 Å². The van der Waals surface area contributed by atoms with Crippen LogP contribution in [0.4, 0.5) is 0 Å². The van der Waals surface area contributed by atoms with Crippen molar-refractivity contribution < 1.29 is 14.7 Å². The van der Waals surface area contributed by atoms with E-state index < -0.39 is 5.97 Å². The van der Waals surface area contributed by atoms with Gasteiger partial charge in [-0.1, -0.05) is 27.2 Å². The summed E-state index contributed by atoms with van der Waals surface area (Å²) in [5.41, 5.74) is 0. The van der Waals surface area contributed by atoms with Crippen molar-refractivity contribution in [1.29, 1.82) is 0 Å². The number of aliphatic carboxylic acids is 1. The largest absolute Gasteiger partial charge is 0.481 e. The molecule has 0 saturated carbocycles. The van der Waals surface area contributed by atoms with Gasteiger partial charge in [-0.05, 0) is 19.3 Å². The quantitative estimate of drug-likeness (QED) is 0.702. The highest BCUT2D eigenvalue weighted by Gasteiger charge is 2.22. The van der Waals surface area contributed by atoms with Gasteiger partial charge in [0.05, 0.1) is 6.42 Å².